The van der Waals surface area contributed by atoms with Gasteiger partial charge in [-0.05, 0) is 34.9 Å². The first-order valence-corrected chi connectivity index (χ1v) is 5.89. The van der Waals surface area contributed by atoms with Crippen LogP contribution in [0.3, 0.4) is 0 Å². The maximum Gasteiger partial charge on any atom is 0.0378 e. The summed E-state index contributed by atoms with van der Waals surface area (Å²) < 4.78 is 0. The Hall–Kier alpha value is -0.980. The van der Waals surface area contributed by atoms with Gasteiger partial charge < -0.3 is 5.32 Å². The lowest BCUT2D eigenvalue weighted by molar-refractivity contribution is 0.481. The van der Waals surface area contributed by atoms with Crippen LogP contribution in [0.1, 0.15) is 51.2 Å². The van der Waals surface area contributed by atoms with Gasteiger partial charge in [0.15, 0.2) is 0 Å². The van der Waals surface area contributed by atoms with Gasteiger partial charge in [-0.15, -0.1) is 0 Å². The van der Waals surface area contributed by atoms with Gasteiger partial charge in [-0.25, -0.2) is 0 Å². The molecule has 0 saturated carbocycles. The molecule has 1 aliphatic rings. The molecule has 0 aromatic heterocycles. The Bertz CT molecular complexity index is 364. The van der Waals surface area contributed by atoms with Crippen molar-refractivity contribution in [3.63, 3.8) is 0 Å². The molecule has 0 atom stereocenters. The van der Waals surface area contributed by atoms with Crippen molar-refractivity contribution in [2.24, 2.45) is 0 Å². The molecule has 1 N–H and O–H groups in total. The van der Waals surface area contributed by atoms with Crippen LogP contribution in [0, 0.1) is 0 Å². The van der Waals surface area contributed by atoms with Gasteiger partial charge in [0.1, 0.15) is 0 Å². The fraction of sp³-hybridized carbons (Fsp3) is 0.571. The minimum Gasteiger partial charge on any atom is -0.385 e. The highest BCUT2D eigenvalue weighted by atomic mass is 14.9. The van der Waals surface area contributed by atoms with Crippen LogP contribution in [0.4, 0.5) is 5.69 Å². The zero-order valence-corrected chi connectivity index (χ0v) is 10.2. The predicted octanol–water partition coefficient (Wildman–Crippen LogP) is 3.90. The second-order valence-corrected chi connectivity index (χ2v) is 5.52. The molecule has 15 heavy (non-hydrogen) atoms. The van der Waals surface area contributed by atoms with E-state index in [0.29, 0.717) is 11.3 Å². The highest BCUT2D eigenvalue weighted by molar-refractivity contribution is 5.58. The van der Waals surface area contributed by atoms with E-state index in [-0.39, 0.29) is 0 Å². The largest absolute Gasteiger partial charge is 0.385 e. The van der Waals surface area contributed by atoms with Crippen LogP contribution >= 0.6 is 0 Å². The van der Waals surface area contributed by atoms with Crippen LogP contribution in [-0.4, -0.2) is 6.54 Å². The number of nitrogens with one attached hydrogen (secondary N) is 1. The Labute approximate surface area is 92.9 Å². The maximum absolute atomic E-state index is 3.48. The number of rotatable bonds is 1. The van der Waals surface area contributed by atoms with Crippen molar-refractivity contribution in [1.82, 2.24) is 0 Å². The molecule has 0 saturated heterocycles. The quantitative estimate of drug-likeness (QED) is 0.730. The normalized spacial score (nSPS) is 18.5. The first-order chi connectivity index (χ1) is 7.00. The SMILES string of the molecule is CC(C)c1ccc2c(c1)C(C)(C)CCN2. The van der Waals surface area contributed by atoms with Crippen molar-refractivity contribution < 1.29 is 0 Å². The number of benzene rings is 1. The third-order valence-electron chi connectivity index (χ3n) is 3.50. The van der Waals surface area contributed by atoms with Gasteiger partial charge in [-0.2, -0.15) is 0 Å². The molecule has 1 nitrogen and oxygen atoms in total. The summed E-state index contributed by atoms with van der Waals surface area (Å²) in [5, 5.41) is 3.48. The van der Waals surface area contributed by atoms with E-state index in [4.69, 9.17) is 0 Å². The second-order valence-electron chi connectivity index (χ2n) is 5.52. The second kappa shape index (κ2) is 3.55. The van der Waals surface area contributed by atoms with Crippen LogP contribution in [0.25, 0.3) is 0 Å². The van der Waals surface area contributed by atoms with E-state index in [1.54, 1.807) is 0 Å². The summed E-state index contributed by atoms with van der Waals surface area (Å²) in [6.45, 7) is 10.3. The molecule has 0 aliphatic carbocycles. The van der Waals surface area contributed by atoms with Crippen LogP contribution < -0.4 is 5.32 Å². The molecular formula is C14H21N. The van der Waals surface area contributed by atoms with Crippen LogP contribution in [0.15, 0.2) is 18.2 Å². The van der Waals surface area contributed by atoms with Crippen molar-refractivity contribution in [2.45, 2.75) is 45.4 Å². The van der Waals surface area contributed by atoms with Gasteiger partial charge in [0, 0.05) is 12.2 Å². The van der Waals surface area contributed by atoms with E-state index in [1.165, 1.54) is 23.2 Å². The van der Waals surface area contributed by atoms with E-state index >= 15 is 0 Å². The van der Waals surface area contributed by atoms with Crippen LogP contribution in [0.5, 0.6) is 0 Å². The van der Waals surface area contributed by atoms with Gasteiger partial charge in [-0.3, -0.25) is 0 Å². The first kappa shape index (κ1) is 10.5. The Morgan fingerprint density at radius 2 is 2.00 bits per heavy atom. The Morgan fingerprint density at radius 3 is 2.67 bits per heavy atom. The van der Waals surface area contributed by atoms with Crippen molar-refractivity contribution in [1.29, 1.82) is 0 Å². The van der Waals surface area contributed by atoms with Gasteiger partial charge >= 0.3 is 0 Å². The maximum atomic E-state index is 3.48. The van der Waals surface area contributed by atoms with Crippen LogP contribution in [0.2, 0.25) is 0 Å². The molecule has 2 rings (SSSR count). The number of hydrogen-bond donors (Lipinski definition) is 1. The minimum atomic E-state index is 0.325. The molecule has 0 unspecified atom stereocenters. The molecule has 1 heterocycles. The molecule has 0 amide bonds. The molecular weight excluding hydrogens is 182 g/mol. The summed E-state index contributed by atoms with van der Waals surface area (Å²) in [4.78, 5) is 0. The van der Waals surface area contributed by atoms with Crippen molar-refractivity contribution in [3.05, 3.63) is 29.3 Å². The Morgan fingerprint density at radius 1 is 1.27 bits per heavy atom. The third kappa shape index (κ3) is 1.88. The molecule has 82 valence electrons. The van der Waals surface area contributed by atoms with E-state index < -0.39 is 0 Å². The molecule has 0 radical (unpaired) electrons. The average molecular weight is 203 g/mol. The van der Waals surface area contributed by atoms with Crippen molar-refractivity contribution >= 4 is 5.69 Å². The average Bonchev–Trinajstić information content (AvgIpc) is 2.17. The van der Waals surface area contributed by atoms with E-state index in [1.807, 2.05) is 0 Å². The van der Waals surface area contributed by atoms with Crippen molar-refractivity contribution in [2.75, 3.05) is 11.9 Å². The lowest BCUT2D eigenvalue weighted by Crippen LogP contribution is -2.28. The highest BCUT2D eigenvalue weighted by Crippen LogP contribution is 2.37. The number of hydrogen-bond acceptors (Lipinski definition) is 1. The molecule has 0 bridgehead atoms. The topological polar surface area (TPSA) is 12.0 Å². The zero-order valence-electron chi connectivity index (χ0n) is 10.2. The summed E-state index contributed by atoms with van der Waals surface area (Å²) >= 11 is 0. The third-order valence-corrected chi connectivity index (χ3v) is 3.50. The molecule has 0 spiro atoms. The highest BCUT2D eigenvalue weighted by Gasteiger charge is 2.27. The summed E-state index contributed by atoms with van der Waals surface area (Å²) in [7, 11) is 0. The summed E-state index contributed by atoms with van der Waals surface area (Å²) in [5.74, 6) is 0.619. The summed E-state index contributed by atoms with van der Waals surface area (Å²) in [5.41, 5.74) is 4.59. The summed E-state index contributed by atoms with van der Waals surface area (Å²) in [6.07, 6.45) is 1.22. The number of anilines is 1. The summed E-state index contributed by atoms with van der Waals surface area (Å²) in [6, 6.07) is 6.87. The molecule has 1 aliphatic heterocycles. The lowest BCUT2D eigenvalue weighted by atomic mass is 9.77. The van der Waals surface area contributed by atoms with E-state index in [0.717, 1.165) is 6.54 Å². The Balaban J connectivity index is 2.49. The predicted molar refractivity (Wildman–Crippen MR) is 66.7 cm³/mol. The van der Waals surface area contributed by atoms with Gasteiger partial charge in [0.25, 0.3) is 0 Å². The zero-order chi connectivity index (χ0) is 11.1. The smallest absolute Gasteiger partial charge is 0.0378 e. The standard InChI is InChI=1S/C14H21N/c1-10(2)11-5-6-13-12(9-11)14(3,4)7-8-15-13/h5-6,9-10,15H,7-8H2,1-4H3. The van der Waals surface area contributed by atoms with Gasteiger partial charge in [-0.1, -0.05) is 39.8 Å². The Kier molecular flexibility index (Phi) is 2.49. The minimum absolute atomic E-state index is 0.325. The number of fused-ring (bicyclic) bond motifs is 1. The van der Waals surface area contributed by atoms with Gasteiger partial charge in [0.05, 0.1) is 0 Å². The lowest BCUT2D eigenvalue weighted by Gasteiger charge is -2.34. The fourth-order valence-corrected chi connectivity index (χ4v) is 2.28. The van der Waals surface area contributed by atoms with E-state index in [2.05, 4.69) is 51.2 Å². The van der Waals surface area contributed by atoms with Crippen molar-refractivity contribution in [3.8, 4) is 0 Å². The van der Waals surface area contributed by atoms with E-state index in [9.17, 15) is 0 Å². The molecule has 1 aromatic rings. The fourth-order valence-electron chi connectivity index (χ4n) is 2.28. The first-order valence-electron chi connectivity index (χ1n) is 5.89. The molecule has 1 aromatic carbocycles. The van der Waals surface area contributed by atoms with Crippen LogP contribution in [-0.2, 0) is 5.41 Å². The molecule has 1 heteroatoms. The van der Waals surface area contributed by atoms with Gasteiger partial charge in [0.2, 0.25) is 0 Å². The monoisotopic (exact) mass is 203 g/mol. The molecule has 0 fully saturated rings.